The number of carboxylic acids is 1. The molecule has 0 bridgehead atoms. The monoisotopic (exact) mass is 485 g/mol. The number of hydrogen-bond acceptors (Lipinski definition) is 4. The molecule has 0 saturated heterocycles. The Balaban J connectivity index is 1.60. The van der Waals surface area contributed by atoms with Gasteiger partial charge in [-0.2, -0.15) is 0 Å². The number of carboxylic acid groups (broad SMARTS) is 1. The summed E-state index contributed by atoms with van der Waals surface area (Å²) in [6.07, 6.45) is 12.9. The van der Waals surface area contributed by atoms with Crippen LogP contribution < -0.4 is 0 Å². The van der Waals surface area contributed by atoms with Gasteiger partial charge in [-0.3, -0.25) is 4.79 Å². The predicted molar refractivity (Wildman–Crippen MR) is 137 cm³/mol. The van der Waals surface area contributed by atoms with Gasteiger partial charge in [0.05, 0.1) is 17.7 Å². The lowest BCUT2D eigenvalue weighted by Gasteiger charge is -2.71. The van der Waals surface area contributed by atoms with Crippen LogP contribution in [0.15, 0.2) is 16.8 Å². The molecular weight excluding hydrogens is 438 g/mol. The largest absolute Gasteiger partial charge is 0.481 e. The SMILES string of the molecule is CC1(C)CC[C@]2(C(=O)O)CC[C@]3(C)C(=CC[C@@H]4[C@@]5(C)CC[C@H](O)[C@@](C)(/C=N\O)[C@@H]5CC[C@]43C)[C@@H]2C1. The van der Waals surface area contributed by atoms with Gasteiger partial charge in [-0.05, 0) is 104 Å². The zero-order chi connectivity index (χ0) is 25.7. The Labute approximate surface area is 211 Å². The zero-order valence-electron chi connectivity index (χ0n) is 22.7. The van der Waals surface area contributed by atoms with Crippen molar-refractivity contribution in [3.05, 3.63) is 11.6 Å². The number of allylic oxidation sites excluding steroid dienone is 2. The molecule has 0 spiro atoms. The van der Waals surface area contributed by atoms with Crippen LogP contribution in [0, 0.1) is 50.2 Å². The molecule has 0 aliphatic heterocycles. The van der Waals surface area contributed by atoms with Crippen molar-refractivity contribution in [3.63, 3.8) is 0 Å². The Kier molecular flexibility index (Phi) is 5.48. The van der Waals surface area contributed by atoms with Crippen LogP contribution >= 0.6 is 0 Å². The fraction of sp³-hybridized carbons (Fsp3) is 0.867. The van der Waals surface area contributed by atoms with Gasteiger partial charge in [0.2, 0.25) is 0 Å². The van der Waals surface area contributed by atoms with Crippen molar-refractivity contribution in [1.82, 2.24) is 0 Å². The van der Waals surface area contributed by atoms with Gasteiger partial charge in [-0.25, -0.2) is 0 Å². The molecule has 3 N–H and O–H groups in total. The van der Waals surface area contributed by atoms with Crippen molar-refractivity contribution in [2.75, 3.05) is 0 Å². The second kappa shape index (κ2) is 7.58. The Morgan fingerprint density at radius 1 is 0.971 bits per heavy atom. The minimum absolute atomic E-state index is 0.00152. The highest BCUT2D eigenvalue weighted by molar-refractivity contribution is 5.76. The van der Waals surface area contributed by atoms with E-state index in [1.54, 1.807) is 6.21 Å². The minimum atomic E-state index is -0.601. The molecule has 196 valence electrons. The van der Waals surface area contributed by atoms with E-state index in [1.807, 2.05) is 0 Å². The summed E-state index contributed by atoms with van der Waals surface area (Å²) in [5, 5.41) is 34.4. The van der Waals surface area contributed by atoms with Crippen molar-refractivity contribution in [3.8, 4) is 0 Å². The molecule has 5 rings (SSSR count). The highest BCUT2D eigenvalue weighted by Crippen LogP contribution is 2.75. The van der Waals surface area contributed by atoms with Crippen LogP contribution in [0.3, 0.4) is 0 Å². The molecule has 5 nitrogen and oxygen atoms in total. The Morgan fingerprint density at radius 3 is 2.31 bits per heavy atom. The number of hydrogen-bond donors (Lipinski definition) is 3. The van der Waals surface area contributed by atoms with E-state index < -0.39 is 22.9 Å². The van der Waals surface area contributed by atoms with Gasteiger partial charge in [0.25, 0.3) is 0 Å². The van der Waals surface area contributed by atoms with Crippen LogP contribution in [0.4, 0.5) is 0 Å². The van der Waals surface area contributed by atoms with Gasteiger partial charge in [0.1, 0.15) is 0 Å². The van der Waals surface area contributed by atoms with Crippen LogP contribution in [-0.2, 0) is 4.79 Å². The van der Waals surface area contributed by atoms with E-state index in [1.165, 1.54) is 5.57 Å². The molecule has 0 aromatic carbocycles. The number of carbonyl (C=O) groups is 1. The molecule has 5 aliphatic carbocycles. The fourth-order valence-electron chi connectivity index (χ4n) is 10.7. The molecule has 0 unspecified atom stereocenters. The molecule has 5 aliphatic rings. The third-order valence-corrected chi connectivity index (χ3v) is 13.1. The number of nitrogens with zero attached hydrogens (tertiary/aromatic N) is 1. The van der Waals surface area contributed by atoms with Gasteiger partial charge in [0.15, 0.2) is 0 Å². The summed E-state index contributed by atoms with van der Waals surface area (Å²) in [7, 11) is 0. The average molecular weight is 486 g/mol. The van der Waals surface area contributed by atoms with Crippen molar-refractivity contribution in [2.24, 2.45) is 55.4 Å². The van der Waals surface area contributed by atoms with Crippen LogP contribution in [0.1, 0.15) is 106 Å². The van der Waals surface area contributed by atoms with Crippen LogP contribution in [-0.4, -0.2) is 33.7 Å². The number of fused-ring (bicyclic) bond motifs is 7. The number of aliphatic carboxylic acids is 1. The predicted octanol–water partition coefficient (Wildman–Crippen LogP) is 6.67. The molecule has 9 atom stereocenters. The number of rotatable bonds is 2. The first-order valence-electron chi connectivity index (χ1n) is 14.0. The van der Waals surface area contributed by atoms with E-state index >= 15 is 0 Å². The molecular formula is C30H47NO4. The summed E-state index contributed by atoms with van der Waals surface area (Å²) in [4.78, 5) is 12.8. The third-order valence-electron chi connectivity index (χ3n) is 13.1. The van der Waals surface area contributed by atoms with Gasteiger partial charge >= 0.3 is 5.97 Å². The Bertz CT molecular complexity index is 971. The molecule has 0 aromatic heterocycles. The van der Waals surface area contributed by atoms with Gasteiger partial charge in [0, 0.05) is 5.41 Å². The summed E-state index contributed by atoms with van der Waals surface area (Å²) < 4.78 is 0. The summed E-state index contributed by atoms with van der Waals surface area (Å²) >= 11 is 0. The lowest BCUT2D eigenvalue weighted by atomic mass is 9.33. The number of aliphatic hydroxyl groups excluding tert-OH is 1. The molecule has 0 heterocycles. The number of aliphatic hydroxyl groups is 1. The standard InChI is InChI=1S/C30H47NO4/c1-25(2)13-15-30(24(33)34)16-14-28(5)19(20(30)17-25)7-8-22-26(3)11-10-23(32)27(4,18-31-35)21(26)9-12-29(22,28)6/h7,18,20-23,32,35H,8-17H2,1-6H3,(H,33,34)/b31-18-/t20-,21+,22+,23-,26-,27-,28+,29+,30-/m0/s1. The van der Waals surface area contributed by atoms with Crippen LogP contribution in [0.25, 0.3) is 0 Å². The lowest BCUT2D eigenvalue weighted by molar-refractivity contribution is -0.195. The molecule has 35 heavy (non-hydrogen) atoms. The van der Waals surface area contributed by atoms with Crippen LogP contribution in [0.5, 0.6) is 0 Å². The first-order chi connectivity index (χ1) is 16.2. The van der Waals surface area contributed by atoms with E-state index in [2.05, 4.69) is 52.8 Å². The molecule has 4 fully saturated rings. The summed E-state index contributed by atoms with van der Waals surface area (Å²) in [5.41, 5.74) is 0.639. The van der Waals surface area contributed by atoms with Crippen LogP contribution in [0.2, 0.25) is 0 Å². The minimum Gasteiger partial charge on any atom is -0.481 e. The fourth-order valence-corrected chi connectivity index (χ4v) is 10.7. The van der Waals surface area contributed by atoms with Crippen molar-refractivity contribution < 1.29 is 20.2 Å². The Morgan fingerprint density at radius 2 is 1.66 bits per heavy atom. The van der Waals surface area contributed by atoms with Gasteiger partial charge < -0.3 is 15.4 Å². The highest BCUT2D eigenvalue weighted by Gasteiger charge is 2.69. The highest BCUT2D eigenvalue weighted by atomic mass is 16.4. The summed E-state index contributed by atoms with van der Waals surface area (Å²) in [6, 6.07) is 0. The van der Waals surface area contributed by atoms with Crippen molar-refractivity contribution >= 4 is 12.2 Å². The maximum atomic E-state index is 12.8. The third kappa shape index (κ3) is 3.09. The van der Waals surface area contributed by atoms with E-state index in [0.717, 1.165) is 64.2 Å². The van der Waals surface area contributed by atoms with Crippen molar-refractivity contribution in [1.29, 1.82) is 0 Å². The summed E-state index contributed by atoms with van der Waals surface area (Å²) in [6.45, 7) is 14.1. The summed E-state index contributed by atoms with van der Waals surface area (Å²) in [5.74, 6) is 0.284. The zero-order valence-corrected chi connectivity index (χ0v) is 22.7. The molecule has 4 saturated carbocycles. The maximum Gasteiger partial charge on any atom is 0.310 e. The first kappa shape index (κ1) is 25.3. The number of oxime groups is 1. The maximum absolute atomic E-state index is 12.8. The lowest BCUT2D eigenvalue weighted by Crippen LogP contribution is -2.65. The average Bonchev–Trinajstić information content (AvgIpc) is 2.77. The first-order valence-corrected chi connectivity index (χ1v) is 14.0. The second-order valence-corrected chi connectivity index (χ2v) is 14.8. The molecule has 5 heteroatoms. The van der Waals surface area contributed by atoms with E-state index in [-0.39, 0.29) is 33.5 Å². The quantitative estimate of drug-likeness (QED) is 0.176. The van der Waals surface area contributed by atoms with E-state index in [4.69, 9.17) is 0 Å². The van der Waals surface area contributed by atoms with Gasteiger partial charge in [-0.1, -0.05) is 53.2 Å². The smallest absolute Gasteiger partial charge is 0.310 e. The molecule has 0 aromatic rings. The van der Waals surface area contributed by atoms with Crippen molar-refractivity contribution in [2.45, 2.75) is 112 Å². The topological polar surface area (TPSA) is 90.1 Å². The normalized spacial score (nSPS) is 53.1. The van der Waals surface area contributed by atoms with Gasteiger partial charge in [-0.15, -0.1) is 5.16 Å². The second-order valence-electron chi connectivity index (χ2n) is 14.8. The Hall–Kier alpha value is -1.36. The van der Waals surface area contributed by atoms with E-state index in [0.29, 0.717) is 5.92 Å². The van der Waals surface area contributed by atoms with E-state index in [9.17, 15) is 20.2 Å². The molecule has 0 radical (unpaired) electrons. The molecule has 0 amide bonds.